The molecule has 1 heterocycles. The van der Waals surface area contributed by atoms with E-state index in [4.69, 9.17) is 4.74 Å². The van der Waals surface area contributed by atoms with Crippen LogP contribution in [0.25, 0.3) is 11.0 Å². The van der Waals surface area contributed by atoms with Crippen molar-refractivity contribution in [2.24, 2.45) is 0 Å². The summed E-state index contributed by atoms with van der Waals surface area (Å²) in [7, 11) is 0. The number of hydrogen-bond donors (Lipinski definition) is 1. The van der Waals surface area contributed by atoms with Crippen LogP contribution in [0.1, 0.15) is 5.56 Å². The molecule has 0 aliphatic heterocycles. The van der Waals surface area contributed by atoms with Gasteiger partial charge in [-0.25, -0.2) is 4.98 Å². The molecular weight excluding hydrogens is 318 g/mol. The number of ether oxygens (including phenoxy) is 1. The maximum atomic E-state index is 12.1. The quantitative estimate of drug-likeness (QED) is 0.697. The summed E-state index contributed by atoms with van der Waals surface area (Å²) in [6.45, 7) is 2.65. The van der Waals surface area contributed by atoms with Gasteiger partial charge in [-0.2, -0.15) is 0 Å². The number of carbonyl (C=O) groups is 1. The van der Waals surface area contributed by atoms with Crippen molar-refractivity contribution in [3.05, 3.63) is 70.6 Å². The van der Waals surface area contributed by atoms with Crippen LogP contribution in [-0.2, 0) is 11.3 Å². The number of carbonyl (C=O) groups excluding carboxylic acids is 1. The van der Waals surface area contributed by atoms with Crippen LogP contribution < -0.4 is 15.6 Å². The molecule has 128 valence electrons. The Kier molecular flexibility index (Phi) is 5.09. The molecule has 3 aromatic rings. The third kappa shape index (κ3) is 4.03. The molecular formula is C19H19N3O3. The average molecular weight is 337 g/mol. The van der Waals surface area contributed by atoms with E-state index in [1.165, 1.54) is 10.8 Å². The number of rotatable bonds is 6. The Hall–Kier alpha value is -3.15. The second-order valence-electron chi connectivity index (χ2n) is 5.64. The van der Waals surface area contributed by atoms with Crippen molar-refractivity contribution in [3.63, 3.8) is 0 Å². The van der Waals surface area contributed by atoms with Crippen LogP contribution >= 0.6 is 0 Å². The molecule has 1 aromatic heterocycles. The summed E-state index contributed by atoms with van der Waals surface area (Å²) in [6, 6.07) is 14.9. The van der Waals surface area contributed by atoms with Gasteiger partial charge in [0.1, 0.15) is 18.9 Å². The summed E-state index contributed by atoms with van der Waals surface area (Å²) < 4.78 is 7.05. The molecule has 0 unspecified atom stereocenters. The molecule has 6 nitrogen and oxygen atoms in total. The Balaban J connectivity index is 1.58. The van der Waals surface area contributed by atoms with Gasteiger partial charge in [0.15, 0.2) is 0 Å². The summed E-state index contributed by atoms with van der Waals surface area (Å²) in [5, 5.41) is 2.77. The molecule has 0 bridgehead atoms. The molecule has 0 aliphatic rings. The first-order valence-electron chi connectivity index (χ1n) is 8.05. The number of para-hydroxylation sites is 3. The highest BCUT2D eigenvalue weighted by Gasteiger charge is 2.08. The second kappa shape index (κ2) is 7.61. The van der Waals surface area contributed by atoms with Gasteiger partial charge in [-0.1, -0.05) is 30.3 Å². The number of benzene rings is 2. The van der Waals surface area contributed by atoms with Gasteiger partial charge in [-0.3, -0.25) is 14.2 Å². The van der Waals surface area contributed by atoms with Gasteiger partial charge < -0.3 is 10.1 Å². The molecule has 0 atom stereocenters. The van der Waals surface area contributed by atoms with Crippen LogP contribution in [0.2, 0.25) is 0 Å². The first-order chi connectivity index (χ1) is 12.1. The Labute approximate surface area is 145 Å². The SMILES string of the molecule is Cc1ccccc1OCCNC(=O)Cn1c(=O)cnc2ccccc21. The first-order valence-corrected chi connectivity index (χ1v) is 8.05. The summed E-state index contributed by atoms with van der Waals surface area (Å²) >= 11 is 0. The predicted molar refractivity (Wildman–Crippen MR) is 95.7 cm³/mol. The monoisotopic (exact) mass is 337 g/mol. The van der Waals surface area contributed by atoms with Crippen LogP contribution in [0.3, 0.4) is 0 Å². The minimum Gasteiger partial charge on any atom is -0.491 e. The number of nitrogens with one attached hydrogen (secondary N) is 1. The van der Waals surface area contributed by atoms with Gasteiger partial charge in [0.2, 0.25) is 5.91 Å². The third-order valence-corrected chi connectivity index (χ3v) is 3.83. The number of amides is 1. The van der Waals surface area contributed by atoms with Gasteiger partial charge in [0.25, 0.3) is 5.56 Å². The minimum atomic E-state index is -0.301. The maximum absolute atomic E-state index is 12.1. The standard InChI is InChI=1S/C19H19N3O3/c1-14-6-2-5-9-17(14)25-11-10-20-18(23)13-22-16-8-4-3-7-15(16)21-12-19(22)24/h2-9,12H,10-11,13H2,1H3,(H,20,23). The fourth-order valence-electron chi connectivity index (χ4n) is 2.55. The van der Waals surface area contributed by atoms with Crippen molar-refractivity contribution < 1.29 is 9.53 Å². The van der Waals surface area contributed by atoms with Crippen molar-refractivity contribution >= 4 is 16.9 Å². The maximum Gasteiger partial charge on any atom is 0.269 e. The second-order valence-corrected chi connectivity index (χ2v) is 5.64. The smallest absolute Gasteiger partial charge is 0.269 e. The summed E-state index contributed by atoms with van der Waals surface area (Å²) in [5.41, 5.74) is 2.06. The van der Waals surface area contributed by atoms with E-state index in [9.17, 15) is 9.59 Å². The molecule has 0 radical (unpaired) electrons. The molecule has 0 spiro atoms. The lowest BCUT2D eigenvalue weighted by atomic mass is 10.2. The largest absolute Gasteiger partial charge is 0.491 e. The summed E-state index contributed by atoms with van der Waals surface area (Å²) in [5.74, 6) is 0.555. The van der Waals surface area contributed by atoms with Gasteiger partial charge in [-0.15, -0.1) is 0 Å². The highest BCUT2D eigenvalue weighted by molar-refractivity contribution is 5.79. The molecule has 0 aliphatic carbocycles. The number of nitrogens with zero attached hydrogens (tertiary/aromatic N) is 2. The summed E-state index contributed by atoms with van der Waals surface area (Å²) in [4.78, 5) is 28.2. The Morgan fingerprint density at radius 1 is 1.16 bits per heavy atom. The fourth-order valence-corrected chi connectivity index (χ4v) is 2.55. The van der Waals surface area contributed by atoms with Crippen LogP contribution in [0, 0.1) is 6.92 Å². The number of aryl methyl sites for hydroxylation is 1. The molecule has 1 amide bonds. The zero-order chi connectivity index (χ0) is 17.6. The van der Waals surface area contributed by atoms with E-state index in [0.717, 1.165) is 11.3 Å². The normalized spacial score (nSPS) is 10.6. The number of aromatic nitrogens is 2. The zero-order valence-corrected chi connectivity index (χ0v) is 13.9. The van der Waals surface area contributed by atoms with E-state index >= 15 is 0 Å². The average Bonchev–Trinajstić information content (AvgIpc) is 2.62. The van der Waals surface area contributed by atoms with Crippen molar-refractivity contribution in [3.8, 4) is 5.75 Å². The van der Waals surface area contributed by atoms with Crippen LogP contribution in [0.15, 0.2) is 59.5 Å². The van der Waals surface area contributed by atoms with Gasteiger partial charge in [0, 0.05) is 0 Å². The fraction of sp³-hybridized carbons (Fsp3) is 0.211. The molecule has 1 N–H and O–H groups in total. The topological polar surface area (TPSA) is 73.2 Å². The molecule has 2 aromatic carbocycles. The predicted octanol–water partition coefficient (Wildman–Crippen LogP) is 1.90. The third-order valence-electron chi connectivity index (χ3n) is 3.83. The molecule has 0 saturated carbocycles. The number of fused-ring (bicyclic) bond motifs is 1. The molecule has 3 rings (SSSR count). The lowest BCUT2D eigenvalue weighted by molar-refractivity contribution is -0.121. The van der Waals surface area contributed by atoms with E-state index in [2.05, 4.69) is 10.3 Å². The van der Waals surface area contributed by atoms with Crippen LogP contribution in [0.5, 0.6) is 5.75 Å². The van der Waals surface area contributed by atoms with E-state index < -0.39 is 0 Å². The summed E-state index contributed by atoms with van der Waals surface area (Å²) in [6.07, 6.45) is 1.23. The van der Waals surface area contributed by atoms with Crippen molar-refractivity contribution in [2.75, 3.05) is 13.2 Å². The van der Waals surface area contributed by atoms with Crippen molar-refractivity contribution in [1.29, 1.82) is 0 Å². The van der Waals surface area contributed by atoms with Crippen LogP contribution in [0.4, 0.5) is 0 Å². The van der Waals surface area contributed by atoms with Gasteiger partial charge in [-0.05, 0) is 30.7 Å². The van der Waals surface area contributed by atoms with Gasteiger partial charge in [0.05, 0.1) is 23.8 Å². The van der Waals surface area contributed by atoms with Crippen LogP contribution in [-0.4, -0.2) is 28.6 Å². The Morgan fingerprint density at radius 2 is 1.92 bits per heavy atom. The van der Waals surface area contributed by atoms with E-state index in [1.807, 2.05) is 43.3 Å². The molecule has 25 heavy (non-hydrogen) atoms. The van der Waals surface area contributed by atoms with Crippen molar-refractivity contribution in [2.45, 2.75) is 13.5 Å². The zero-order valence-electron chi connectivity index (χ0n) is 13.9. The number of hydrogen-bond acceptors (Lipinski definition) is 4. The Bertz CT molecular complexity index is 950. The lowest BCUT2D eigenvalue weighted by Gasteiger charge is -2.11. The first kappa shape index (κ1) is 16.7. The van der Waals surface area contributed by atoms with E-state index in [0.29, 0.717) is 24.2 Å². The van der Waals surface area contributed by atoms with Gasteiger partial charge >= 0.3 is 0 Å². The minimum absolute atomic E-state index is 0.0494. The Morgan fingerprint density at radius 3 is 2.76 bits per heavy atom. The molecule has 0 saturated heterocycles. The van der Waals surface area contributed by atoms with Crippen molar-refractivity contribution in [1.82, 2.24) is 14.9 Å². The molecule has 6 heteroatoms. The highest BCUT2D eigenvalue weighted by atomic mass is 16.5. The van der Waals surface area contributed by atoms with E-state index in [-0.39, 0.29) is 18.0 Å². The lowest BCUT2D eigenvalue weighted by Crippen LogP contribution is -2.34. The van der Waals surface area contributed by atoms with E-state index in [1.54, 1.807) is 12.1 Å². The molecule has 0 fully saturated rings. The highest BCUT2D eigenvalue weighted by Crippen LogP contribution is 2.15.